The fraction of sp³-hybridized carbons (Fsp3) is 0.826. The lowest BCUT2D eigenvalue weighted by atomic mass is 10.0. The molecule has 8 nitrogen and oxygen atoms in total. The Morgan fingerprint density at radius 3 is 1.00 bits per heavy atom. The van der Waals surface area contributed by atoms with Crippen molar-refractivity contribution in [1.82, 2.24) is 10.6 Å². The minimum absolute atomic E-state index is 0.993. The second-order valence-electron chi connectivity index (χ2n) is 15.5. The van der Waals surface area contributed by atoms with Gasteiger partial charge in [-0.3, -0.25) is 19.1 Å². The number of hydrogen-bond acceptors (Lipinski definition) is 6. The van der Waals surface area contributed by atoms with E-state index in [1.54, 1.807) is 0 Å². The highest BCUT2D eigenvalue weighted by molar-refractivity contribution is 7.79. The van der Waals surface area contributed by atoms with Crippen molar-refractivity contribution >= 4 is 22.1 Å². The maximum Gasteiger partial charge on any atom is 0.394 e. The van der Waals surface area contributed by atoms with Crippen LogP contribution in [0.2, 0.25) is 0 Å². The van der Waals surface area contributed by atoms with E-state index in [2.05, 4.69) is 71.7 Å². The summed E-state index contributed by atoms with van der Waals surface area (Å²) in [6, 6.07) is 10.9. The lowest BCUT2D eigenvalue weighted by molar-refractivity contribution is 0.381. The van der Waals surface area contributed by atoms with Crippen LogP contribution in [0, 0.1) is 0 Å². The summed E-state index contributed by atoms with van der Waals surface area (Å²) in [7, 11) is -4.67. The van der Waals surface area contributed by atoms with Gasteiger partial charge < -0.3 is 10.6 Å². The number of nitrogens with zero attached hydrogens (tertiary/aromatic N) is 2. The van der Waals surface area contributed by atoms with Crippen LogP contribution in [-0.2, 0) is 16.8 Å². The Hall–Kier alpha value is -1.97. The van der Waals surface area contributed by atoms with Crippen molar-refractivity contribution in [1.29, 1.82) is 0 Å². The Kier molecular flexibility index (Phi) is 40.2. The standard InChI is InChI=1S/C18H30.2C14H28N2.H2O4S/c1-2-3-4-5-6-7-8-9-10-12-15-18-16-13-11-14-17-18;2*1-2-3-4-5-6-7-8-9-10-11-14-15-12-13-16-14;1-5(2,3)4/h11,13-14,16-17H,2-10,12,15H2,1H3;2*2-13H2,1H3,(H,15,16);(H2,1,2,3,4). The van der Waals surface area contributed by atoms with Crippen molar-refractivity contribution in [2.75, 3.05) is 26.2 Å². The first kappa shape index (κ1) is 53.0. The fourth-order valence-electron chi connectivity index (χ4n) is 6.90. The SMILES string of the molecule is CCCCCCCCCCCC1=NCCN1.CCCCCCCCCCCC1=NCCN1.CCCCCCCCCCCCc1ccccc1.O=S(=O)(O)O. The van der Waals surface area contributed by atoms with E-state index in [-0.39, 0.29) is 0 Å². The molecular formula is C46H88N4O4S. The number of aryl methyl sites for hydroxylation is 1. The van der Waals surface area contributed by atoms with Crippen LogP contribution in [0.25, 0.3) is 0 Å². The highest BCUT2D eigenvalue weighted by Gasteiger charge is 2.04. The second kappa shape index (κ2) is 41.7. The smallest absolute Gasteiger partial charge is 0.372 e. The van der Waals surface area contributed by atoms with Gasteiger partial charge in [-0.2, -0.15) is 8.42 Å². The quantitative estimate of drug-likeness (QED) is 0.0438. The summed E-state index contributed by atoms with van der Waals surface area (Å²) in [6.45, 7) is 10.9. The third-order valence-electron chi connectivity index (χ3n) is 10.2. The molecule has 0 amide bonds. The van der Waals surface area contributed by atoms with Crippen LogP contribution in [0.4, 0.5) is 0 Å². The zero-order valence-electron chi connectivity index (χ0n) is 36.1. The second-order valence-corrected chi connectivity index (χ2v) is 16.4. The number of unbranched alkanes of at least 4 members (excludes halogenated alkanes) is 25. The summed E-state index contributed by atoms with van der Waals surface area (Å²) >= 11 is 0. The van der Waals surface area contributed by atoms with Crippen molar-refractivity contribution in [2.24, 2.45) is 9.98 Å². The van der Waals surface area contributed by atoms with Gasteiger partial charge in [-0.1, -0.05) is 212 Å². The predicted octanol–water partition coefficient (Wildman–Crippen LogP) is 13.3. The number of nitrogens with one attached hydrogen (secondary N) is 2. The molecule has 9 heteroatoms. The molecule has 0 spiro atoms. The van der Waals surface area contributed by atoms with E-state index in [1.165, 1.54) is 216 Å². The normalized spacial score (nSPS) is 13.3. The topological polar surface area (TPSA) is 123 Å². The van der Waals surface area contributed by atoms with Crippen molar-refractivity contribution < 1.29 is 17.5 Å². The molecule has 55 heavy (non-hydrogen) atoms. The van der Waals surface area contributed by atoms with Crippen LogP contribution in [0.1, 0.15) is 219 Å². The molecule has 1 aromatic carbocycles. The predicted molar refractivity (Wildman–Crippen MR) is 240 cm³/mol. The maximum absolute atomic E-state index is 8.74. The zero-order chi connectivity index (χ0) is 40.3. The lowest BCUT2D eigenvalue weighted by Crippen LogP contribution is -2.17. The van der Waals surface area contributed by atoms with Crippen molar-refractivity contribution in [3.8, 4) is 0 Å². The Morgan fingerprint density at radius 2 is 0.727 bits per heavy atom. The molecule has 0 radical (unpaired) electrons. The summed E-state index contributed by atoms with van der Waals surface area (Å²) in [5.41, 5.74) is 1.50. The van der Waals surface area contributed by atoms with Crippen molar-refractivity contribution in [3.05, 3.63) is 35.9 Å². The molecule has 0 saturated carbocycles. The summed E-state index contributed by atoms with van der Waals surface area (Å²) in [6.07, 6.45) is 43.2. The highest BCUT2D eigenvalue weighted by atomic mass is 32.3. The maximum atomic E-state index is 8.74. The van der Waals surface area contributed by atoms with Gasteiger partial charge in [0.15, 0.2) is 0 Å². The van der Waals surface area contributed by atoms with E-state index in [9.17, 15) is 0 Å². The number of aliphatic imine (C=N–C) groups is 2. The van der Waals surface area contributed by atoms with E-state index >= 15 is 0 Å². The molecule has 2 heterocycles. The molecule has 0 atom stereocenters. The zero-order valence-corrected chi connectivity index (χ0v) is 37.0. The molecule has 322 valence electrons. The molecule has 2 aliphatic rings. The first-order valence-electron chi connectivity index (χ1n) is 23.1. The van der Waals surface area contributed by atoms with Gasteiger partial charge in [0.05, 0.1) is 24.8 Å². The number of hydrogen-bond donors (Lipinski definition) is 4. The van der Waals surface area contributed by atoms with E-state index < -0.39 is 10.4 Å². The van der Waals surface area contributed by atoms with Crippen molar-refractivity contribution in [2.45, 2.75) is 220 Å². The van der Waals surface area contributed by atoms with E-state index in [4.69, 9.17) is 17.5 Å². The largest absolute Gasteiger partial charge is 0.394 e. The van der Waals surface area contributed by atoms with Crippen LogP contribution in [-0.4, -0.2) is 55.4 Å². The summed E-state index contributed by atoms with van der Waals surface area (Å²) in [5, 5.41) is 6.66. The summed E-state index contributed by atoms with van der Waals surface area (Å²) in [4.78, 5) is 8.82. The molecule has 0 saturated heterocycles. The van der Waals surface area contributed by atoms with Crippen molar-refractivity contribution in [3.63, 3.8) is 0 Å². The Labute approximate surface area is 341 Å². The third-order valence-corrected chi connectivity index (χ3v) is 10.2. The Morgan fingerprint density at radius 1 is 0.455 bits per heavy atom. The molecule has 0 fully saturated rings. The molecule has 4 N–H and O–H groups in total. The van der Waals surface area contributed by atoms with Crippen LogP contribution in [0.3, 0.4) is 0 Å². The molecule has 3 rings (SSSR count). The third kappa shape index (κ3) is 44.6. The van der Waals surface area contributed by atoms with Gasteiger partial charge in [-0.25, -0.2) is 0 Å². The first-order valence-corrected chi connectivity index (χ1v) is 24.5. The van der Waals surface area contributed by atoms with Gasteiger partial charge in [-0.15, -0.1) is 0 Å². The van der Waals surface area contributed by atoms with Gasteiger partial charge in [-0.05, 0) is 31.2 Å². The number of benzene rings is 1. The van der Waals surface area contributed by atoms with Crippen LogP contribution in [0.15, 0.2) is 40.3 Å². The molecular weight excluding hydrogens is 705 g/mol. The molecule has 0 aliphatic carbocycles. The van der Waals surface area contributed by atoms with Crippen LogP contribution >= 0.6 is 0 Å². The number of amidine groups is 2. The fourth-order valence-corrected chi connectivity index (χ4v) is 6.90. The monoisotopic (exact) mass is 793 g/mol. The molecule has 2 aliphatic heterocycles. The van der Waals surface area contributed by atoms with Gasteiger partial charge >= 0.3 is 10.4 Å². The van der Waals surface area contributed by atoms with Gasteiger partial charge in [0, 0.05) is 25.9 Å². The summed E-state index contributed by atoms with van der Waals surface area (Å²) < 4.78 is 31.6. The van der Waals surface area contributed by atoms with Crippen LogP contribution < -0.4 is 10.6 Å². The minimum Gasteiger partial charge on any atom is -0.372 e. The van der Waals surface area contributed by atoms with E-state index in [0.29, 0.717) is 0 Å². The molecule has 0 bridgehead atoms. The average Bonchev–Trinajstić information content (AvgIpc) is 3.90. The lowest BCUT2D eigenvalue weighted by Gasteiger charge is -2.03. The van der Waals surface area contributed by atoms with Gasteiger partial charge in [0.2, 0.25) is 0 Å². The minimum atomic E-state index is -4.67. The average molecular weight is 793 g/mol. The Bertz CT molecular complexity index is 1050. The molecule has 0 unspecified atom stereocenters. The van der Waals surface area contributed by atoms with Gasteiger partial charge in [0.1, 0.15) is 0 Å². The Balaban J connectivity index is 0.000000749. The van der Waals surface area contributed by atoms with E-state index in [0.717, 1.165) is 26.2 Å². The summed E-state index contributed by atoms with van der Waals surface area (Å²) in [5.74, 6) is 2.51. The van der Waals surface area contributed by atoms with Crippen LogP contribution in [0.5, 0.6) is 0 Å². The number of rotatable bonds is 31. The molecule has 0 aromatic heterocycles. The first-order chi connectivity index (χ1) is 26.8. The molecule has 1 aromatic rings. The van der Waals surface area contributed by atoms with Gasteiger partial charge in [0.25, 0.3) is 0 Å². The highest BCUT2D eigenvalue weighted by Crippen LogP contribution is 2.14. The van der Waals surface area contributed by atoms with E-state index in [1.807, 2.05) is 0 Å².